The molecule has 3 nitrogen and oxygen atoms in total. The molecule has 0 amide bonds. The van der Waals surface area contributed by atoms with E-state index in [-0.39, 0.29) is 18.5 Å². The van der Waals surface area contributed by atoms with E-state index in [1.54, 1.807) is 0 Å². The molecule has 0 spiro atoms. The fraction of sp³-hybridized carbons (Fsp3) is 0.533. The number of carboxylic acids is 1. The van der Waals surface area contributed by atoms with Gasteiger partial charge in [0.15, 0.2) is 0 Å². The third-order valence-electron chi connectivity index (χ3n) is 3.85. The smallest absolute Gasteiger partial charge is 0.304 e. The quantitative estimate of drug-likeness (QED) is 0.894. The van der Waals surface area contributed by atoms with Crippen molar-refractivity contribution < 1.29 is 9.90 Å². The van der Waals surface area contributed by atoms with Gasteiger partial charge in [-0.3, -0.25) is 9.69 Å². The SMILES string of the molecule is CCC(c1cccc(Cl)c1)N1CCCC1CC(=O)O. The van der Waals surface area contributed by atoms with Gasteiger partial charge in [-0.25, -0.2) is 0 Å². The molecular weight excluding hydrogens is 262 g/mol. The summed E-state index contributed by atoms with van der Waals surface area (Å²) in [4.78, 5) is 13.3. The lowest BCUT2D eigenvalue weighted by Gasteiger charge is -2.32. The molecule has 0 bridgehead atoms. The first-order valence-electron chi connectivity index (χ1n) is 6.84. The third kappa shape index (κ3) is 3.48. The van der Waals surface area contributed by atoms with E-state index in [0.29, 0.717) is 0 Å². The van der Waals surface area contributed by atoms with Crippen molar-refractivity contribution in [3.05, 3.63) is 34.9 Å². The molecule has 1 heterocycles. The zero-order chi connectivity index (χ0) is 13.8. The fourth-order valence-corrected chi connectivity index (χ4v) is 3.26. The predicted octanol–water partition coefficient (Wildman–Crippen LogP) is 3.73. The average molecular weight is 282 g/mol. The van der Waals surface area contributed by atoms with Gasteiger partial charge in [0.25, 0.3) is 0 Å². The molecule has 1 aromatic rings. The fourth-order valence-electron chi connectivity index (χ4n) is 3.06. The Morgan fingerprint density at radius 1 is 1.58 bits per heavy atom. The van der Waals surface area contributed by atoms with Crippen LogP contribution in [-0.4, -0.2) is 28.6 Å². The summed E-state index contributed by atoms with van der Waals surface area (Å²) in [5.41, 5.74) is 1.19. The Kier molecular flexibility index (Phi) is 4.83. The van der Waals surface area contributed by atoms with Gasteiger partial charge in [0, 0.05) is 17.1 Å². The highest BCUT2D eigenvalue weighted by Crippen LogP contribution is 2.33. The molecule has 1 aromatic carbocycles. The number of carboxylic acid groups (broad SMARTS) is 1. The summed E-state index contributed by atoms with van der Waals surface area (Å²) in [5, 5.41) is 9.75. The number of rotatable bonds is 5. The average Bonchev–Trinajstić information content (AvgIpc) is 2.78. The van der Waals surface area contributed by atoms with E-state index in [4.69, 9.17) is 16.7 Å². The topological polar surface area (TPSA) is 40.5 Å². The lowest BCUT2D eigenvalue weighted by atomic mass is 10.0. The van der Waals surface area contributed by atoms with Gasteiger partial charge < -0.3 is 5.11 Å². The highest BCUT2D eigenvalue weighted by molar-refractivity contribution is 6.30. The van der Waals surface area contributed by atoms with Crippen molar-refractivity contribution in [3.8, 4) is 0 Å². The normalized spacial score (nSPS) is 21.5. The van der Waals surface area contributed by atoms with Crippen LogP contribution < -0.4 is 0 Å². The molecule has 2 rings (SSSR count). The minimum Gasteiger partial charge on any atom is -0.481 e. The minimum absolute atomic E-state index is 0.154. The second-order valence-electron chi connectivity index (χ2n) is 5.11. The molecule has 0 saturated carbocycles. The van der Waals surface area contributed by atoms with Gasteiger partial charge in [-0.1, -0.05) is 30.7 Å². The summed E-state index contributed by atoms with van der Waals surface area (Å²) in [6, 6.07) is 8.33. The molecule has 1 aliphatic heterocycles. The number of nitrogens with zero attached hydrogens (tertiary/aromatic N) is 1. The first-order chi connectivity index (χ1) is 9.11. The molecule has 2 unspecified atom stereocenters. The van der Waals surface area contributed by atoms with Crippen molar-refractivity contribution in [2.24, 2.45) is 0 Å². The van der Waals surface area contributed by atoms with Gasteiger partial charge in [0.1, 0.15) is 0 Å². The van der Waals surface area contributed by atoms with Crippen molar-refractivity contribution in [1.29, 1.82) is 0 Å². The van der Waals surface area contributed by atoms with E-state index < -0.39 is 5.97 Å². The lowest BCUT2D eigenvalue weighted by Crippen LogP contribution is -2.34. The van der Waals surface area contributed by atoms with Gasteiger partial charge in [-0.15, -0.1) is 0 Å². The maximum atomic E-state index is 11.0. The van der Waals surface area contributed by atoms with Crippen LogP contribution in [0.4, 0.5) is 0 Å². The summed E-state index contributed by atoms with van der Waals surface area (Å²) < 4.78 is 0. The van der Waals surface area contributed by atoms with Crippen molar-refractivity contribution >= 4 is 17.6 Å². The summed E-state index contributed by atoms with van der Waals surface area (Å²) in [7, 11) is 0. The molecule has 1 saturated heterocycles. The third-order valence-corrected chi connectivity index (χ3v) is 4.09. The van der Waals surface area contributed by atoms with E-state index in [1.807, 2.05) is 18.2 Å². The van der Waals surface area contributed by atoms with Crippen LogP contribution in [0.2, 0.25) is 5.02 Å². The number of hydrogen-bond donors (Lipinski definition) is 1. The number of aliphatic carboxylic acids is 1. The zero-order valence-corrected chi connectivity index (χ0v) is 11.9. The van der Waals surface area contributed by atoms with Crippen LogP contribution >= 0.6 is 11.6 Å². The molecule has 104 valence electrons. The van der Waals surface area contributed by atoms with Crippen molar-refractivity contribution in [2.45, 2.75) is 44.7 Å². The summed E-state index contributed by atoms with van der Waals surface area (Å²) >= 11 is 6.06. The molecule has 0 radical (unpaired) electrons. The monoisotopic (exact) mass is 281 g/mol. The van der Waals surface area contributed by atoms with Crippen molar-refractivity contribution in [3.63, 3.8) is 0 Å². The maximum absolute atomic E-state index is 11.0. The number of benzene rings is 1. The molecule has 1 aliphatic rings. The van der Waals surface area contributed by atoms with Crippen LogP contribution in [0.1, 0.15) is 44.2 Å². The second-order valence-corrected chi connectivity index (χ2v) is 5.55. The van der Waals surface area contributed by atoms with Gasteiger partial charge in [0.05, 0.1) is 6.42 Å². The molecule has 2 atom stereocenters. The largest absolute Gasteiger partial charge is 0.481 e. The Balaban J connectivity index is 2.18. The molecular formula is C15H20ClNO2. The predicted molar refractivity (Wildman–Crippen MR) is 76.5 cm³/mol. The first-order valence-corrected chi connectivity index (χ1v) is 7.22. The van der Waals surface area contributed by atoms with Crippen LogP contribution in [0.25, 0.3) is 0 Å². The minimum atomic E-state index is -0.710. The highest BCUT2D eigenvalue weighted by Gasteiger charge is 2.31. The van der Waals surface area contributed by atoms with Crippen molar-refractivity contribution in [2.75, 3.05) is 6.54 Å². The van der Waals surface area contributed by atoms with Crippen LogP contribution in [0.3, 0.4) is 0 Å². The summed E-state index contributed by atoms with van der Waals surface area (Å²) in [5.74, 6) is -0.710. The number of likely N-dealkylation sites (tertiary alicyclic amines) is 1. The Morgan fingerprint density at radius 3 is 3.00 bits per heavy atom. The van der Waals surface area contributed by atoms with Gasteiger partial charge in [0.2, 0.25) is 0 Å². The molecule has 19 heavy (non-hydrogen) atoms. The molecule has 0 aromatic heterocycles. The number of carbonyl (C=O) groups is 1. The van der Waals surface area contributed by atoms with Crippen LogP contribution in [0.15, 0.2) is 24.3 Å². The van der Waals surface area contributed by atoms with E-state index in [2.05, 4.69) is 17.9 Å². The van der Waals surface area contributed by atoms with Gasteiger partial charge >= 0.3 is 5.97 Å². The van der Waals surface area contributed by atoms with E-state index in [9.17, 15) is 4.79 Å². The van der Waals surface area contributed by atoms with Gasteiger partial charge in [-0.05, 0) is 43.5 Å². The maximum Gasteiger partial charge on any atom is 0.304 e. The number of halogens is 1. The van der Waals surface area contributed by atoms with Crippen LogP contribution in [0.5, 0.6) is 0 Å². The molecule has 0 aliphatic carbocycles. The number of hydrogen-bond acceptors (Lipinski definition) is 2. The van der Waals surface area contributed by atoms with E-state index in [0.717, 1.165) is 30.8 Å². The Hall–Kier alpha value is -1.06. The van der Waals surface area contributed by atoms with Crippen LogP contribution in [-0.2, 0) is 4.79 Å². The summed E-state index contributed by atoms with van der Waals surface area (Å²) in [6.07, 6.45) is 3.26. The first kappa shape index (κ1) is 14.4. The molecule has 1 fully saturated rings. The van der Waals surface area contributed by atoms with Crippen LogP contribution in [0, 0.1) is 0 Å². The molecule has 4 heteroatoms. The Labute approximate surface area is 119 Å². The van der Waals surface area contributed by atoms with E-state index >= 15 is 0 Å². The highest BCUT2D eigenvalue weighted by atomic mass is 35.5. The second kappa shape index (κ2) is 6.40. The Morgan fingerprint density at radius 2 is 2.37 bits per heavy atom. The van der Waals surface area contributed by atoms with Gasteiger partial charge in [-0.2, -0.15) is 0 Å². The molecule has 1 N–H and O–H groups in total. The standard InChI is InChI=1S/C15H20ClNO2/c1-2-14(11-5-3-6-12(16)9-11)17-8-4-7-13(17)10-15(18)19/h3,5-6,9,13-14H,2,4,7-8,10H2,1H3,(H,18,19). The lowest BCUT2D eigenvalue weighted by molar-refractivity contribution is -0.138. The Bertz CT molecular complexity index is 450. The van der Waals surface area contributed by atoms with Crippen molar-refractivity contribution in [1.82, 2.24) is 4.90 Å². The summed E-state index contributed by atoms with van der Waals surface area (Å²) in [6.45, 7) is 3.12. The zero-order valence-electron chi connectivity index (χ0n) is 11.2. The van der Waals surface area contributed by atoms with E-state index in [1.165, 1.54) is 5.56 Å².